The van der Waals surface area contributed by atoms with Crippen LogP contribution in [0.1, 0.15) is 51.5 Å². The molecule has 2 atom stereocenters. The third-order valence-corrected chi connectivity index (χ3v) is 3.68. The van der Waals surface area contributed by atoms with E-state index in [0.29, 0.717) is 13.0 Å². The third-order valence-electron chi connectivity index (χ3n) is 3.68. The zero-order valence-electron chi connectivity index (χ0n) is 13.0. The van der Waals surface area contributed by atoms with Crippen LogP contribution in [-0.4, -0.2) is 17.1 Å². The molecule has 0 amide bonds. The van der Waals surface area contributed by atoms with Crippen molar-refractivity contribution in [3.05, 3.63) is 35.9 Å². The van der Waals surface area contributed by atoms with Crippen molar-refractivity contribution in [3.63, 3.8) is 0 Å². The molecule has 0 aromatic heterocycles. The molecule has 1 aromatic rings. The summed E-state index contributed by atoms with van der Waals surface area (Å²) in [7, 11) is 0. The summed E-state index contributed by atoms with van der Waals surface area (Å²) in [4.78, 5) is 16.9. The molecule has 1 rings (SSSR count). The molecule has 0 aliphatic heterocycles. The Morgan fingerprint density at radius 1 is 1.24 bits per heavy atom. The summed E-state index contributed by atoms with van der Waals surface area (Å²) in [6, 6.07) is 9.70. The Labute approximate surface area is 127 Å². The second-order valence-electron chi connectivity index (χ2n) is 5.35. The molecule has 0 saturated heterocycles. The summed E-state index contributed by atoms with van der Waals surface area (Å²) in [6.07, 6.45) is 4.55. The van der Waals surface area contributed by atoms with Crippen LogP contribution < -0.4 is 5.48 Å². The van der Waals surface area contributed by atoms with E-state index in [1.807, 2.05) is 37.3 Å². The average Bonchev–Trinajstić information content (AvgIpc) is 2.50. The van der Waals surface area contributed by atoms with Crippen LogP contribution in [-0.2, 0) is 16.2 Å². The predicted molar refractivity (Wildman–Crippen MR) is 83.7 cm³/mol. The molecular weight excluding hydrogens is 266 g/mol. The van der Waals surface area contributed by atoms with Gasteiger partial charge in [-0.15, -0.1) is 0 Å². The number of carboxylic acid groups (broad SMARTS) is 1. The van der Waals surface area contributed by atoms with Gasteiger partial charge in [0.25, 0.3) is 0 Å². The second-order valence-corrected chi connectivity index (χ2v) is 5.35. The first-order valence-corrected chi connectivity index (χ1v) is 7.83. The Morgan fingerprint density at radius 2 is 1.95 bits per heavy atom. The highest BCUT2D eigenvalue weighted by molar-refractivity contribution is 5.70. The number of hydrogen-bond acceptors (Lipinski definition) is 3. The monoisotopic (exact) mass is 293 g/mol. The smallest absolute Gasteiger partial charge is 0.308 e. The van der Waals surface area contributed by atoms with Gasteiger partial charge in [-0.1, -0.05) is 63.4 Å². The average molecular weight is 293 g/mol. The third kappa shape index (κ3) is 6.74. The highest BCUT2D eigenvalue weighted by Gasteiger charge is 2.26. The maximum atomic E-state index is 11.4. The molecule has 0 aliphatic rings. The number of hydrogen-bond donors (Lipinski definition) is 2. The van der Waals surface area contributed by atoms with Crippen molar-refractivity contribution < 1.29 is 14.7 Å². The van der Waals surface area contributed by atoms with Crippen molar-refractivity contribution >= 4 is 5.97 Å². The Morgan fingerprint density at radius 3 is 2.52 bits per heavy atom. The minimum atomic E-state index is -0.742. The van der Waals surface area contributed by atoms with E-state index in [4.69, 9.17) is 4.84 Å². The molecule has 0 aliphatic carbocycles. The van der Waals surface area contributed by atoms with Crippen LogP contribution in [0, 0.1) is 5.92 Å². The van der Waals surface area contributed by atoms with Gasteiger partial charge in [-0.05, 0) is 18.4 Å². The Balaban J connectivity index is 2.44. The summed E-state index contributed by atoms with van der Waals surface area (Å²) >= 11 is 0. The van der Waals surface area contributed by atoms with Crippen molar-refractivity contribution in [1.29, 1.82) is 0 Å². The van der Waals surface area contributed by atoms with Crippen molar-refractivity contribution in [2.24, 2.45) is 5.92 Å². The van der Waals surface area contributed by atoms with Crippen LogP contribution in [0.2, 0.25) is 0 Å². The molecule has 2 N–H and O–H groups in total. The maximum Gasteiger partial charge on any atom is 0.308 e. The lowest BCUT2D eigenvalue weighted by atomic mass is 9.92. The minimum Gasteiger partial charge on any atom is -0.481 e. The topological polar surface area (TPSA) is 58.6 Å². The molecule has 118 valence electrons. The second kappa shape index (κ2) is 10.4. The van der Waals surface area contributed by atoms with Gasteiger partial charge in [0.15, 0.2) is 0 Å². The van der Waals surface area contributed by atoms with Crippen LogP contribution in [0.3, 0.4) is 0 Å². The molecule has 0 saturated carbocycles. The van der Waals surface area contributed by atoms with E-state index in [0.717, 1.165) is 31.2 Å². The summed E-state index contributed by atoms with van der Waals surface area (Å²) < 4.78 is 0. The molecular formula is C17H27NO3. The van der Waals surface area contributed by atoms with Crippen molar-refractivity contribution in [1.82, 2.24) is 5.48 Å². The summed E-state index contributed by atoms with van der Waals surface area (Å²) in [6.45, 7) is 4.55. The van der Waals surface area contributed by atoms with Gasteiger partial charge in [0.1, 0.15) is 0 Å². The number of carbonyl (C=O) groups is 1. The zero-order chi connectivity index (χ0) is 15.5. The van der Waals surface area contributed by atoms with Gasteiger partial charge >= 0.3 is 5.97 Å². The first kappa shape index (κ1) is 17.7. The zero-order valence-corrected chi connectivity index (χ0v) is 13.0. The molecule has 4 heteroatoms. The Kier molecular flexibility index (Phi) is 8.71. The largest absolute Gasteiger partial charge is 0.481 e. The van der Waals surface area contributed by atoms with Crippen LogP contribution >= 0.6 is 0 Å². The fraction of sp³-hybridized carbons (Fsp3) is 0.588. The summed E-state index contributed by atoms with van der Waals surface area (Å²) in [5.41, 5.74) is 4.01. The van der Waals surface area contributed by atoms with Crippen molar-refractivity contribution in [2.45, 2.75) is 58.6 Å². The molecule has 21 heavy (non-hydrogen) atoms. The highest BCUT2D eigenvalue weighted by atomic mass is 16.6. The lowest BCUT2D eigenvalue weighted by Gasteiger charge is -2.23. The molecule has 0 spiro atoms. The maximum absolute atomic E-state index is 11.4. The summed E-state index contributed by atoms with van der Waals surface area (Å²) in [5, 5.41) is 9.39. The van der Waals surface area contributed by atoms with Gasteiger partial charge < -0.3 is 5.11 Å². The van der Waals surface area contributed by atoms with E-state index in [1.54, 1.807) is 0 Å². The molecule has 1 unspecified atom stereocenters. The number of unbranched alkanes of at least 4 members (excludes halogenated alkanes) is 2. The van der Waals surface area contributed by atoms with Crippen molar-refractivity contribution in [2.75, 3.05) is 0 Å². The predicted octanol–water partition coefficient (Wildman–Crippen LogP) is 3.77. The van der Waals surface area contributed by atoms with Gasteiger partial charge in [0.2, 0.25) is 0 Å². The standard InChI is InChI=1S/C17H27NO3/c1-3-5-7-12-15(17(19)20)16(4-2)18-21-13-14-10-8-6-9-11-14/h6,8-11,15-16,18H,3-5,7,12-13H2,1-2H3,(H,19,20)/t15?,16-/m1/s1. The van der Waals surface area contributed by atoms with E-state index in [-0.39, 0.29) is 6.04 Å². The number of aliphatic carboxylic acids is 1. The highest BCUT2D eigenvalue weighted by Crippen LogP contribution is 2.17. The fourth-order valence-corrected chi connectivity index (χ4v) is 2.37. The van der Waals surface area contributed by atoms with E-state index in [9.17, 15) is 9.90 Å². The normalized spacial score (nSPS) is 13.8. The van der Waals surface area contributed by atoms with Crippen LogP contribution in [0.15, 0.2) is 30.3 Å². The van der Waals surface area contributed by atoms with E-state index in [1.165, 1.54) is 0 Å². The van der Waals surface area contributed by atoms with Gasteiger partial charge in [0.05, 0.1) is 12.5 Å². The first-order chi connectivity index (χ1) is 10.2. The van der Waals surface area contributed by atoms with Crippen molar-refractivity contribution in [3.8, 4) is 0 Å². The number of hydroxylamine groups is 1. The fourth-order valence-electron chi connectivity index (χ4n) is 2.37. The van der Waals surface area contributed by atoms with Gasteiger partial charge in [-0.3, -0.25) is 9.63 Å². The van der Waals surface area contributed by atoms with Crippen LogP contribution in [0.25, 0.3) is 0 Å². The van der Waals surface area contributed by atoms with Gasteiger partial charge in [-0.2, -0.15) is 5.48 Å². The first-order valence-electron chi connectivity index (χ1n) is 7.83. The Bertz CT molecular complexity index is 394. The number of benzene rings is 1. The molecule has 0 radical (unpaired) electrons. The van der Waals surface area contributed by atoms with Gasteiger partial charge in [-0.25, -0.2) is 0 Å². The number of carboxylic acids is 1. The Hall–Kier alpha value is -1.39. The molecule has 0 bridgehead atoms. The van der Waals surface area contributed by atoms with Crippen LogP contribution in [0.5, 0.6) is 0 Å². The van der Waals surface area contributed by atoms with E-state index >= 15 is 0 Å². The van der Waals surface area contributed by atoms with E-state index < -0.39 is 11.9 Å². The minimum absolute atomic E-state index is 0.150. The lowest BCUT2D eigenvalue weighted by molar-refractivity contribution is -0.145. The van der Waals surface area contributed by atoms with Gasteiger partial charge in [0, 0.05) is 6.04 Å². The quantitative estimate of drug-likeness (QED) is 0.481. The van der Waals surface area contributed by atoms with Crippen LogP contribution in [0.4, 0.5) is 0 Å². The number of nitrogens with one attached hydrogen (secondary N) is 1. The lowest BCUT2D eigenvalue weighted by Crippen LogP contribution is -2.39. The van der Waals surface area contributed by atoms with E-state index in [2.05, 4.69) is 12.4 Å². The summed E-state index contributed by atoms with van der Waals surface area (Å²) in [5.74, 6) is -1.13. The molecule has 0 heterocycles. The molecule has 4 nitrogen and oxygen atoms in total. The SMILES string of the molecule is CCCCCC(C(=O)O)[C@@H](CC)NOCc1ccccc1. The molecule has 1 aromatic carbocycles. The number of rotatable bonds is 11. The molecule has 0 fully saturated rings.